The van der Waals surface area contributed by atoms with E-state index < -0.39 is 0 Å². The van der Waals surface area contributed by atoms with E-state index in [1.54, 1.807) is 11.3 Å². The lowest BCUT2D eigenvalue weighted by Crippen LogP contribution is -2.36. The highest BCUT2D eigenvalue weighted by Gasteiger charge is 2.31. The monoisotopic (exact) mass is 368 g/mol. The van der Waals surface area contributed by atoms with Crippen LogP contribution in [0.4, 0.5) is 0 Å². The Bertz CT molecular complexity index is 776. The van der Waals surface area contributed by atoms with Crippen LogP contribution in [0.25, 0.3) is 0 Å². The highest BCUT2D eigenvalue weighted by atomic mass is 32.1. The molecular weight excluding hydrogens is 344 g/mol. The van der Waals surface area contributed by atoms with Gasteiger partial charge in [-0.1, -0.05) is 36.8 Å². The molecule has 4 nitrogen and oxygen atoms in total. The Morgan fingerprint density at radius 2 is 1.92 bits per heavy atom. The minimum absolute atomic E-state index is 0.0103. The third-order valence-corrected chi connectivity index (χ3v) is 6.56. The van der Waals surface area contributed by atoms with Gasteiger partial charge in [0.05, 0.1) is 17.3 Å². The Kier molecular flexibility index (Phi) is 5.07. The summed E-state index contributed by atoms with van der Waals surface area (Å²) in [5, 5.41) is 2.91. The van der Waals surface area contributed by atoms with Gasteiger partial charge in [0.1, 0.15) is 0 Å². The highest BCUT2D eigenvalue weighted by Crippen LogP contribution is 2.33. The van der Waals surface area contributed by atoms with Crippen LogP contribution in [-0.4, -0.2) is 29.8 Å². The van der Waals surface area contributed by atoms with E-state index in [2.05, 4.69) is 11.4 Å². The van der Waals surface area contributed by atoms with Crippen molar-refractivity contribution in [1.82, 2.24) is 10.2 Å². The Labute approximate surface area is 158 Å². The maximum absolute atomic E-state index is 13.3. The number of rotatable bonds is 2. The molecule has 0 unspecified atom stereocenters. The first-order chi connectivity index (χ1) is 12.7. The maximum atomic E-state index is 13.3. The largest absolute Gasteiger partial charge is 0.354 e. The molecule has 2 aliphatic rings. The summed E-state index contributed by atoms with van der Waals surface area (Å²) in [6.45, 7) is 1.06. The minimum atomic E-state index is -0.201. The van der Waals surface area contributed by atoms with E-state index >= 15 is 0 Å². The summed E-state index contributed by atoms with van der Waals surface area (Å²) < 4.78 is 0. The van der Waals surface area contributed by atoms with Gasteiger partial charge in [0, 0.05) is 18.0 Å². The smallest absolute Gasteiger partial charge is 0.264 e. The van der Waals surface area contributed by atoms with E-state index in [1.807, 2.05) is 35.2 Å². The number of hydrogen-bond donors (Lipinski definition) is 1. The lowest BCUT2D eigenvalue weighted by Gasteiger charge is -2.29. The van der Waals surface area contributed by atoms with Crippen molar-refractivity contribution in [1.29, 1.82) is 0 Å². The molecule has 1 aromatic heterocycles. The molecule has 0 radical (unpaired) electrons. The van der Waals surface area contributed by atoms with Crippen molar-refractivity contribution in [3.05, 3.63) is 57.3 Å². The zero-order chi connectivity index (χ0) is 17.9. The van der Waals surface area contributed by atoms with Gasteiger partial charge in [-0.15, -0.1) is 11.3 Å². The molecule has 26 heavy (non-hydrogen) atoms. The average Bonchev–Trinajstić information content (AvgIpc) is 2.81. The highest BCUT2D eigenvalue weighted by molar-refractivity contribution is 7.14. The van der Waals surface area contributed by atoms with Crippen molar-refractivity contribution < 1.29 is 9.59 Å². The van der Waals surface area contributed by atoms with Crippen LogP contribution < -0.4 is 5.32 Å². The van der Waals surface area contributed by atoms with E-state index in [9.17, 15) is 9.59 Å². The van der Waals surface area contributed by atoms with Crippen LogP contribution in [0.5, 0.6) is 0 Å². The van der Waals surface area contributed by atoms with E-state index in [0.29, 0.717) is 19.5 Å². The molecule has 1 saturated heterocycles. The SMILES string of the molecule is O=C1C[C@H](c2ccccc2)N(C(=O)c2cc3c(s2)CCCCC3)CCN1. The van der Waals surface area contributed by atoms with Gasteiger partial charge in [-0.05, 0) is 42.9 Å². The molecule has 1 N–H and O–H groups in total. The fourth-order valence-electron chi connectivity index (χ4n) is 3.96. The quantitative estimate of drug-likeness (QED) is 0.822. The summed E-state index contributed by atoms with van der Waals surface area (Å²) in [6.07, 6.45) is 6.21. The fraction of sp³-hybridized carbons (Fsp3) is 0.429. The van der Waals surface area contributed by atoms with Gasteiger partial charge < -0.3 is 10.2 Å². The third kappa shape index (κ3) is 3.54. The number of thiophene rings is 1. The summed E-state index contributed by atoms with van der Waals surface area (Å²) in [6, 6.07) is 11.8. The zero-order valence-corrected chi connectivity index (χ0v) is 15.7. The molecule has 2 aromatic rings. The van der Waals surface area contributed by atoms with Crippen LogP contribution in [0.3, 0.4) is 0 Å². The summed E-state index contributed by atoms with van der Waals surface area (Å²) in [5.74, 6) is 0.0736. The molecule has 2 amide bonds. The lowest BCUT2D eigenvalue weighted by atomic mass is 10.0. The van der Waals surface area contributed by atoms with Crippen molar-refractivity contribution in [2.75, 3.05) is 13.1 Å². The molecule has 1 fully saturated rings. The van der Waals surface area contributed by atoms with Gasteiger partial charge in [0.15, 0.2) is 0 Å². The van der Waals surface area contributed by atoms with Crippen molar-refractivity contribution in [3.8, 4) is 0 Å². The molecule has 1 atom stereocenters. The first-order valence-electron chi connectivity index (χ1n) is 9.46. The average molecular weight is 369 g/mol. The number of amides is 2. The minimum Gasteiger partial charge on any atom is -0.354 e. The Morgan fingerprint density at radius 1 is 1.12 bits per heavy atom. The second kappa shape index (κ2) is 7.62. The van der Waals surface area contributed by atoms with Crippen molar-refractivity contribution in [2.45, 2.75) is 44.6 Å². The van der Waals surface area contributed by atoms with E-state index in [0.717, 1.165) is 23.3 Å². The molecule has 136 valence electrons. The number of benzene rings is 1. The fourth-order valence-corrected chi connectivity index (χ4v) is 5.17. The lowest BCUT2D eigenvalue weighted by molar-refractivity contribution is -0.121. The molecule has 1 aliphatic heterocycles. The van der Waals surface area contributed by atoms with E-state index in [4.69, 9.17) is 0 Å². The summed E-state index contributed by atoms with van der Waals surface area (Å²) >= 11 is 1.66. The topological polar surface area (TPSA) is 49.4 Å². The van der Waals surface area contributed by atoms with Crippen LogP contribution in [0.1, 0.15) is 57.4 Å². The standard InChI is InChI=1S/C21H24N2O2S/c24-20-14-17(15-7-3-1-4-8-15)23(12-11-22-20)21(25)19-13-16-9-5-2-6-10-18(16)26-19/h1,3-4,7-8,13,17H,2,5-6,9-12,14H2,(H,22,24)/t17-/m1/s1. The molecule has 0 bridgehead atoms. The van der Waals surface area contributed by atoms with Gasteiger partial charge >= 0.3 is 0 Å². The molecule has 5 heteroatoms. The zero-order valence-electron chi connectivity index (χ0n) is 14.9. The van der Waals surface area contributed by atoms with Crippen LogP contribution in [0.15, 0.2) is 36.4 Å². The number of fused-ring (bicyclic) bond motifs is 1. The molecule has 0 saturated carbocycles. The van der Waals surface area contributed by atoms with Gasteiger partial charge in [-0.3, -0.25) is 9.59 Å². The molecule has 1 aromatic carbocycles. The summed E-state index contributed by atoms with van der Waals surface area (Å²) in [7, 11) is 0. The second-order valence-electron chi connectivity index (χ2n) is 7.10. The van der Waals surface area contributed by atoms with Crippen molar-refractivity contribution >= 4 is 23.2 Å². The number of nitrogens with zero attached hydrogens (tertiary/aromatic N) is 1. The predicted molar refractivity (Wildman–Crippen MR) is 103 cm³/mol. The maximum Gasteiger partial charge on any atom is 0.264 e. The van der Waals surface area contributed by atoms with Gasteiger partial charge in [-0.2, -0.15) is 0 Å². The van der Waals surface area contributed by atoms with Crippen molar-refractivity contribution in [3.63, 3.8) is 0 Å². The van der Waals surface area contributed by atoms with Crippen LogP contribution in [0, 0.1) is 0 Å². The summed E-state index contributed by atoms with van der Waals surface area (Å²) in [4.78, 5) is 29.6. The molecule has 2 heterocycles. The molecule has 1 aliphatic carbocycles. The first-order valence-corrected chi connectivity index (χ1v) is 10.3. The number of nitrogens with one attached hydrogen (secondary N) is 1. The van der Waals surface area contributed by atoms with Crippen LogP contribution in [0.2, 0.25) is 0 Å². The van der Waals surface area contributed by atoms with E-state index in [1.165, 1.54) is 29.7 Å². The van der Waals surface area contributed by atoms with E-state index in [-0.39, 0.29) is 17.9 Å². The molecule has 4 rings (SSSR count). The van der Waals surface area contributed by atoms with Crippen LogP contribution in [-0.2, 0) is 17.6 Å². The van der Waals surface area contributed by atoms with Gasteiger partial charge in [0.25, 0.3) is 5.91 Å². The molecular formula is C21H24N2O2S. The first kappa shape index (κ1) is 17.3. The second-order valence-corrected chi connectivity index (χ2v) is 8.24. The Hall–Kier alpha value is -2.14. The van der Waals surface area contributed by atoms with Crippen molar-refractivity contribution in [2.24, 2.45) is 0 Å². The number of carbonyl (C=O) groups is 2. The van der Waals surface area contributed by atoms with Crippen LogP contribution >= 0.6 is 11.3 Å². The Balaban J connectivity index is 1.64. The number of aryl methyl sites for hydroxylation is 2. The number of carbonyl (C=O) groups excluding carboxylic acids is 2. The summed E-state index contributed by atoms with van der Waals surface area (Å²) in [5.41, 5.74) is 2.38. The number of hydrogen-bond acceptors (Lipinski definition) is 3. The predicted octanol–water partition coefficient (Wildman–Crippen LogP) is 3.72. The van der Waals surface area contributed by atoms with Gasteiger partial charge in [0.2, 0.25) is 5.91 Å². The molecule has 0 spiro atoms. The third-order valence-electron chi connectivity index (χ3n) is 5.33. The normalized spacial score (nSPS) is 20.7. The Morgan fingerprint density at radius 3 is 2.77 bits per heavy atom. The van der Waals surface area contributed by atoms with Gasteiger partial charge in [-0.25, -0.2) is 0 Å².